The van der Waals surface area contributed by atoms with E-state index >= 15 is 0 Å². The highest BCUT2D eigenvalue weighted by atomic mass is 32.1. The van der Waals surface area contributed by atoms with Crippen LogP contribution in [0.25, 0.3) is 0 Å². The summed E-state index contributed by atoms with van der Waals surface area (Å²) in [7, 11) is 0. The second kappa shape index (κ2) is 5.73. The molecule has 0 aliphatic rings. The van der Waals surface area contributed by atoms with Gasteiger partial charge < -0.3 is 10.1 Å². The average Bonchev–Trinajstić information content (AvgIpc) is 2.82. The smallest absolute Gasteiger partial charge is 0.142 e. The van der Waals surface area contributed by atoms with Gasteiger partial charge in [0.15, 0.2) is 0 Å². The molecule has 1 N–H and O–H groups in total. The van der Waals surface area contributed by atoms with Crippen molar-refractivity contribution in [2.24, 2.45) is 0 Å². The van der Waals surface area contributed by atoms with E-state index in [-0.39, 0.29) is 0 Å². The van der Waals surface area contributed by atoms with Crippen molar-refractivity contribution in [1.82, 2.24) is 0 Å². The highest BCUT2D eigenvalue weighted by molar-refractivity contribution is 7.09. The van der Waals surface area contributed by atoms with Crippen LogP contribution in [0.2, 0.25) is 0 Å². The van der Waals surface area contributed by atoms with Crippen LogP contribution < -0.4 is 10.1 Å². The van der Waals surface area contributed by atoms with Gasteiger partial charge >= 0.3 is 0 Å². The molecule has 0 spiro atoms. The molecule has 2 aromatic rings. The molecule has 90 valence electrons. The van der Waals surface area contributed by atoms with Crippen LogP contribution in [-0.2, 0) is 6.54 Å². The summed E-state index contributed by atoms with van der Waals surface area (Å²) in [5.41, 5.74) is 2.31. The van der Waals surface area contributed by atoms with Gasteiger partial charge in [-0.1, -0.05) is 12.1 Å². The highest BCUT2D eigenvalue weighted by Crippen LogP contribution is 2.26. The Morgan fingerprint density at radius 1 is 1.29 bits per heavy atom. The maximum atomic E-state index is 5.60. The van der Waals surface area contributed by atoms with Gasteiger partial charge in [0.2, 0.25) is 0 Å². The molecule has 0 atom stereocenters. The Morgan fingerprint density at radius 3 is 2.88 bits per heavy atom. The fraction of sp³-hybridized carbons (Fsp3) is 0.286. The van der Waals surface area contributed by atoms with Crippen LogP contribution in [-0.4, -0.2) is 6.61 Å². The highest BCUT2D eigenvalue weighted by Gasteiger charge is 2.03. The predicted octanol–water partition coefficient (Wildman–Crippen LogP) is 4.07. The van der Waals surface area contributed by atoms with Gasteiger partial charge in [-0.2, -0.15) is 0 Å². The Bertz CT molecular complexity index is 465. The Morgan fingerprint density at radius 2 is 2.18 bits per heavy atom. The molecule has 0 unspecified atom stereocenters. The van der Waals surface area contributed by atoms with Gasteiger partial charge in [-0.25, -0.2) is 0 Å². The molecule has 2 rings (SSSR count). The average molecular weight is 247 g/mol. The first-order valence-electron chi connectivity index (χ1n) is 5.79. The molecular weight excluding hydrogens is 230 g/mol. The zero-order valence-electron chi connectivity index (χ0n) is 10.2. The van der Waals surface area contributed by atoms with Crippen LogP contribution in [0, 0.1) is 6.92 Å². The number of nitrogens with one attached hydrogen (secondary N) is 1. The summed E-state index contributed by atoms with van der Waals surface area (Å²) in [5.74, 6) is 0.926. The topological polar surface area (TPSA) is 21.3 Å². The van der Waals surface area contributed by atoms with E-state index < -0.39 is 0 Å². The molecule has 0 aliphatic carbocycles. The fourth-order valence-corrected chi connectivity index (χ4v) is 2.30. The Hall–Kier alpha value is -1.48. The molecule has 0 aliphatic heterocycles. The Labute approximate surface area is 106 Å². The molecule has 0 fully saturated rings. The lowest BCUT2D eigenvalue weighted by Gasteiger charge is -2.12. The van der Waals surface area contributed by atoms with E-state index in [1.54, 1.807) is 11.3 Å². The van der Waals surface area contributed by atoms with E-state index in [4.69, 9.17) is 4.74 Å². The third-order valence-electron chi connectivity index (χ3n) is 2.47. The largest absolute Gasteiger partial charge is 0.492 e. The minimum atomic E-state index is 0.691. The fourth-order valence-electron chi connectivity index (χ4n) is 1.66. The number of aryl methyl sites for hydroxylation is 1. The lowest BCUT2D eigenvalue weighted by atomic mass is 10.2. The van der Waals surface area contributed by atoms with Gasteiger partial charge in [0.05, 0.1) is 12.3 Å². The molecular formula is C14H17NOS. The second-order valence-electron chi connectivity index (χ2n) is 3.87. The van der Waals surface area contributed by atoms with E-state index in [0.717, 1.165) is 18.0 Å². The summed E-state index contributed by atoms with van der Waals surface area (Å²) in [5, 5.41) is 5.52. The van der Waals surface area contributed by atoms with Crippen molar-refractivity contribution < 1.29 is 4.74 Å². The summed E-state index contributed by atoms with van der Waals surface area (Å²) in [4.78, 5) is 1.33. The van der Waals surface area contributed by atoms with Crippen LogP contribution >= 0.6 is 11.3 Å². The van der Waals surface area contributed by atoms with Gasteiger partial charge in [-0.15, -0.1) is 11.3 Å². The lowest BCUT2D eigenvalue weighted by molar-refractivity contribution is 0.341. The first-order chi connectivity index (χ1) is 8.29. The third-order valence-corrected chi connectivity index (χ3v) is 3.34. The quantitative estimate of drug-likeness (QED) is 0.860. The zero-order chi connectivity index (χ0) is 12.1. The molecule has 0 radical (unpaired) electrons. The number of thiophene rings is 1. The van der Waals surface area contributed by atoms with Gasteiger partial charge in [-0.05, 0) is 43.0 Å². The summed E-state index contributed by atoms with van der Waals surface area (Å²) in [6, 6.07) is 10.4. The maximum Gasteiger partial charge on any atom is 0.142 e. The number of anilines is 1. The first kappa shape index (κ1) is 12.0. The second-order valence-corrected chi connectivity index (χ2v) is 4.90. The van der Waals surface area contributed by atoms with Gasteiger partial charge in [0.1, 0.15) is 5.75 Å². The Balaban J connectivity index is 2.10. The number of hydrogen-bond acceptors (Lipinski definition) is 3. The minimum absolute atomic E-state index is 0.691. The lowest BCUT2D eigenvalue weighted by Crippen LogP contribution is -2.02. The number of ether oxygens (including phenoxy) is 1. The molecule has 1 aromatic carbocycles. The number of rotatable bonds is 5. The Kier molecular flexibility index (Phi) is 4.04. The minimum Gasteiger partial charge on any atom is -0.492 e. The van der Waals surface area contributed by atoms with Gasteiger partial charge in [0.25, 0.3) is 0 Å². The van der Waals surface area contributed by atoms with E-state index in [0.29, 0.717) is 6.61 Å². The monoisotopic (exact) mass is 247 g/mol. The van der Waals surface area contributed by atoms with Crippen LogP contribution in [0.3, 0.4) is 0 Å². The van der Waals surface area contributed by atoms with Gasteiger partial charge in [-0.3, -0.25) is 0 Å². The van der Waals surface area contributed by atoms with Crippen molar-refractivity contribution in [3.8, 4) is 5.75 Å². The summed E-state index contributed by atoms with van der Waals surface area (Å²) < 4.78 is 5.60. The predicted molar refractivity (Wildman–Crippen MR) is 74.0 cm³/mol. The molecule has 0 saturated carbocycles. The van der Waals surface area contributed by atoms with E-state index in [1.807, 2.05) is 13.0 Å². The van der Waals surface area contributed by atoms with E-state index in [1.165, 1.54) is 10.4 Å². The van der Waals surface area contributed by atoms with Crippen molar-refractivity contribution in [1.29, 1.82) is 0 Å². The van der Waals surface area contributed by atoms with Crippen LogP contribution in [0.15, 0.2) is 35.7 Å². The number of hydrogen-bond donors (Lipinski definition) is 1. The summed E-state index contributed by atoms with van der Waals surface area (Å²) >= 11 is 1.76. The number of benzene rings is 1. The van der Waals surface area contributed by atoms with Gasteiger partial charge in [0, 0.05) is 11.4 Å². The van der Waals surface area contributed by atoms with Crippen molar-refractivity contribution in [2.75, 3.05) is 11.9 Å². The maximum absolute atomic E-state index is 5.60. The van der Waals surface area contributed by atoms with Crippen molar-refractivity contribution in [3.63, 3.8) is 0 Å². The SMILES string of the molecule is CCOc1ccc(C)cc1NCc1cccs1. The molecule has 0 amide bonds. The molecule has 0 saturated heterocycles. The third kappa shape index (κ3) is 3.24. The van der Waals surface area contributed by atoms with E-state index in [9.17, 15) is 0 Å². The normalized spacial score (nSPS) is 10.2. The van der Waals surface area contributed by atoms with E-state index in [2.05, 4.69) is 41.9 Å². The van der Waals surface area contributed by atoms with Crippen LogP contribution in [0.5, 0.6) is 5.75 Å². The van der Waals surface area contributed by atoms with Crippen molar-refractivity contribution in [2.45, 2.75) is 20.4 Å². The molecule has 17 heavy (non-hydrogen) atoms. The summed E-state index contributed by atoms with van der Waals surface area (Å²) in [6.45, 7) is 5.63. The molecule has 3 heteroatoms. The van der Waals surface area contributed by atoms with Crippen molar-refractivity contribution >= 4 is 17.0 Å². The summed E-state index contributed by atoms with van der Waals surface area (Å²) in [6.07, 6.45) is 0. The van der Waals surface area contributed by atoms with Crippen LogP contribution in [0.4, 0.5) is 5.69 Å². The van der Waals surface area contributed by atoms with Crippen LogP contribution in [0.1, 0.15) is 17.4 Å². The first-order valence-corrected chi connectivity index (χ1v) is 6.67. The zero-order valence-corrected chi connectivity index (χ0v) is 11.0. The molecule has 1 heterocycles. The van der Waals surface area contributed by atoms with Crippen molar-refractivity contribution in [3.05, 3.63) is 46.2 Å². The molecule has 2 nitrogen and oxygen atoms in total. The molecule has 0 bridgehead atoms. The standard InChI is InChI=1S/C14H17NOS/c1-3-16-14-7-6-11(2)9-13(14)15-10-12-5-4-8-17-12/h4-9,15H,3,10H2,1-2H3. The molecule has 1 aromatic heterocycles.